The van der Waals surface area contributed by atoms with Gasteiger partial charge in [-0.15, -0.1) is 0 Å². The predicted molar refractivity (Wildman–Crippen MR) is 88.7 cm³/mol. The summed E-state index contributed by atoms with van der Waals surface area (Å²) < 4.78 is 1.53. The number of pyridine rings is 1. The van der Waals surface area contributed by atoms with Crippen molar-refractivity contribution in [2.24, 2.45) is 0 Å². The second-order valence-corrected chi connectivity index (χ2v) is 5.86. The Morgan fingerprint density at radius 3 is 3.04 bits per heavy atom. The van der Waals surface area contributed by atoms with Crippen molar-refractivity contribution in [3.8, 4) is 5.82 Å². The zero-order chi connectivity index (χ0) is 16.4. The highest BCUT2D eigenvalue weighted by molar-refractivity contribution is 5.94. The zero-order valence-electron chi connectivity index (χ0n) is 13.1. The first-order valence-corrected chi connectivity index (χ1v) is 8.01. The minimum Gasteiger partial charge on any atom is -0.345 e. The highest BCUT2D eigenvalue weighted by Crippen LogP contribution is 2.29. The molecule has 24 heavy (non-hydrogen) atoms. The fourth-order valence-corrected chi connectivity index (χ4v) is 3.16. The molecule has 2 heterocycles. The quantitative estimate of drug-likeness (QED) is 0.805. The topological polar surface area (TPSA) is 72.7 Å². The van der Waals surface area contributed by atoms with E-state index in [0.717, 1.165) is 19.3 Å². The Hall–Kier alpha value is -3.02. The van der Waals surface area contributed by atoms with Gasteiger partial charge in [0.2, 0.25) is 0 Å². The molecule has 3 aromatic rings. The van der Waals surface area contributed by atoms with Crippen LogP contribution in [0.25, 0.3) is 5.82 Å². The van der Waals surface area contributed by atoms with Crippen LogP contribution in [0.1, 0.15) is 40.4 Å². The van der Waals surface area contributed by atoms with Crippen LogP contribution in [0.4, 0.5) is 0 Å². The zero-order valence-corrected chi connectivity index (χ0v) is 13.1. The lowest BCUT2D eigenvalue weighted by atomic mass is 9.87. The van der Waals surface area contributed by atoms with Crippen molar-refractivity contribution < 1.29 is 4.79 Å². The summed E-state index contributed by atoms with van der Waals surface area (Å²) in [6.45, 7) is 0. The smallest absolute Gasteiger partial charge is 0.251 e. The minimum absolute atomic E-state index is 0.0606. The molecule has 0 fully saturated rings. The third-order valence-electron chi connectivity index (χ3n) is 4.34. The summed E-state index contributed by atoms with van der Waals surface area (Å²) in [6.07, 6.45) is 7.73. The summed E-state index contributed by atoms with van der Waals surface area (Å²) in [7, 11) is 0. The minimum atomic E-state index is -0.0968. The Kier molecular flexibility index (Phi) is 3.78. The number of hydrogen-bond donors (Lipinski definition) is 1. The van der Waals surface area contributed by atoms with Gasteiger partial charge < -0.3 is 5.32 Å². The number of nitrogens with zero attached hydrogens (tertiary/aromatic N) is 4. The standard InChI is InChI=1S/C18H17N5O/c24-18(14-8-9-20-17(10-14)23-12-19-11-21-23)22-16-7-3-5-13-4-1-2-6-15(13)16/h1-2,4,6,8-12,16H,3,5,7H2,(H,22,24)/t16-/m0/s1. The molecule has 0 spiro atoms. The fraction of sp³-hybridized carbons (Fsp3) is 0.222. The number of carbonyl (C=O) groups is 1. The van der Waals surface area contributed by atoms with E-state index >= 15 is 0 Å². The van der Waals surface area contributed by atoms with E-state index in [0.29, 0.717) is 11.4 Å². The molecule has 4 rings (SSSR count). The number of aryl methyl sites for hydroxylation is 1. The Bertz CT molecular complexity index is 859. The molecule has 0 bridgehead atoms. The van der Waals surface area contributed by atoms with Crippen molar-refractivity contribution in [1.82, 2.24) is 25.1 Å². The van der Waals surface area contributed by atoms with E-state index in [-0.39, 0.29) is 11.9 Å². The van der Waals surface area contributed by atoms with Crippen LogP contribution in [0.15, 0.2) is 55.2 Å². The Labute approximate surface area is 139 Å². The third kappa shape index (κ3) is 2.78. The van der Waals surface area contributed by atoms with E-state index in [2.05, 4.69) is 38.6 Å². The summed E-state index contributed by atoms with van der Waals surface area (Å²) >= 11 is 0. The lowest BCUT2D eigenvalue weighted by Crippen LogP contribution is -2.31. The Balaban J connectivity index is 1.56. The second-order valence-electron chi connectivity index (χ2n) is 5.86. The third-order valence-corrected chi connectivity index (χ3v) is 4.34. The number of nitrogens with one attached hydrogen (secondary N) is 1. The average Bonchev–Trinajstić information content (AvgIpc) is 3.17. The van der Waals surface area contributed by atoms with Gasteiger partial charge in [-0.05, 0) is 42.5 Å². The first-order chi connectivity index (χ1) is 11.8. The van der Waals surface area contributed by atoms with Crippen molar-refractivity contribution in [3.05, 3.63) is 71.9 Å². The van der Waals surface area contributed by atoms with Crippen LogP contribution in [0.3, 0.4) is 0 Å². The Morgan fingerprint density at radius 1 is 1.25 bits per heavy atom. The van der Waals surface area contributed by atoms with Crippen molar-refractivity contribution >= 4 is 5.91 Å². The van der Waals surface area contributed by atoms with Crippen molar-refractivity contribution in [3.63, 3.8) is 0 Å². The van der Waals surface area contributed by atoms with Gasteiger partial charge in [-0.25, -0.2) is 14.6 Å². The van der Waals surface area contributed by atoms with Crippen LogP contribution in [0, 0.1) is 0 Å². The molecule has 1 atom stereocenters. The number of aromatic nitrogens is 4. The van der Waals surface area contributed by atoms with Gasteiger partial charge in [-0.1, -0.05) is 24.3 Å². The summed E-state index contributed by atoms with van der Waals surface area (Å²) in [5.41, 5.74) is 3.12. The van der Waals surface area contributed by atoms with Crippen molar-refractivity contribution in [2.45, 2.75) is 25.3 Å². The number of rotatable bonds is 3. The molecule has 6 heteroatoms. The number of amides is 1. The molecule has 1 N–H and O–H groups in total. The van der Waals surface area contributed by atoms with Gasteiger partial charge in [0.25, 0.3) is 5.91 Å². The number of benzene rings is 1. The van der Waals surface area contributed by atoms with E-state index in [1.165, 1.54) is 22.1 Å². The number of hydrogen-bond acceptors (Lipinski definition) is 4. The molecule has 0 aliphatic heterocycles. The summed E-state index contributed by atoms with van der Waals surface area (Å²) in [5, 5.41) is 7.20. The van der Waals surface area contributed by atoms with Crippen molar-refractivity contribution in [1.29, 1.82) is 0 Å². The summed E-state index contributed by atoms with van der Waals surface area (Å²) in [6, 6.07) is 11.8. The highest BCUT2D eigenvalue weighted by Gasteiger charge is 2.22. The molecule has 0 saturated heterocycles. The SMILES string of the molecule is O=C(N[C@H]1CCCc2ccccc21)c1ccnc(-n2cncn2)c1. The van der Waals surface area contributed by atoms with Crippen LogP contribution >= 0.6 is 0 Å². The second kappa shape index (κ2) is 6.23. The first kappa shape index (κ1) is 14.6. The van der Waals surface area contributed by atoms with Crippen molar-refractivity contribution in [2.75, 3.05) is 0 Å². The maximum Gasteiger partial charge on any atom is 0.251 e. The van der Waals surface area contributed by atoms with E-state index in [4.69, 9.17) is 0 Å². The largest absolute Gasteiger partial charge is 0.345 e. The molecule has 1 aliphatic rings. The Morgan fingerprint density at radius 2 is 2.17 bits per heavy atom. The molecule has 0 unspecified atom stereocenters. The maximum atomic E-state index is 12.7. The van der Waals surface area contributed by atoms with Gasteiger partial charge in [-0.3, -0.25) is 4.79 Å². The lowest BCUT2D eigenvalue weighted by molar-refractivity contribution is 0.0932. The average molecular weight is 319 g/mol. The predicted octanol–water partition coefficient (Wildman–Crippen LogP) is 2.47. The van der Waals surface area contributed by atoms with E-state index in [1.54, 1.807) is 24.7 Å². The molecule has 1 amide bonds. The molecule has 6 nitrogen and oxygen atoms in total. The van der Waals surface area contributed by atoms with Gasteiger partial charge in [0.15, 0.2) is 5.82 Å². The number of carbonyl (C=O) groups excluding carboxylic acids is 1. The van der Waals surface area contributed by atoms with E-state index < -0.39 is 0 Å². The highest BCUT2D eigenvalue weighted by atomic mass is 16.1. The van der Waals surface area contributed by atoms with E-state index in [1.807, 2.05) is 6.07 Å². The van der Waals surface area contributed by atoms with Gasteiger partial charge in [0.05, 0.1) is 6.04 Å². The molecular weight excluding hydrogens is 302 g/mol. The summed E-state index contributed by atoms with van der Waals surface area (Å²) in [4.78, 5) is 20.8. The van der Waals surface area contributed by atoms with Gasteiger partial charge in [0, 0.05) is 11.8 Å². The van der Waals surface area contributed by atoms with Crippen LogP contribution < -0.4 is 5.32 Å². The monoisotopic (exact) mass is 319 g/mol. The normalized spacial score (nSPS) is 16.4. The molecule has 1 aromatic carbocycles. The van der Waals surface area contributed by atoms with Crippen LogP contribution in [-0.4, -0.2) is 25.7 Å². The summed E-state index contributed by atoms with van der Waals surface area (Å²) in [5.74, 6) is 0.477. The van der Waals surface area contributed by atoms with Gasteiger partial charge in [0.1, 0.15) is 12.7 Å². The molecule has 1 aliphatic carbocycles. The van der Waals surface area contributed by atoms with E-state index in [9.17, 15) is 4.79 Å². The van der Waals surface area contributed by atoms with Crippen LogP contribution in [0.2, 0.25) is 0 Å². The van der Waals surface area contributed by atoms with Gasteiger partial charge in [-0.2, -0.15) is 5.10 Å². The molecule has 2 aromatic heterocycles. The molecule has 0 radical (unpaired) electrons. The van der Waals surface area contributed by atoms with Crippen LogP contribution in [-0.2, 0) is 6.42 Å². The lowest BCUT2D eigenvalue weighted by Gasteiger charge is -2.26. The molecule has 120 valence electrons. The fourth-order valence-electron chi connectivity index (χ4n) is 3.16. The number of fused-ring (bicyclic) bond motifs is 1. The first-order valence-electron chi connectivity index (χ1n) is 8.01. The molecular formula is C18H17N5O. The van der Waals surface area contributed by atoms with Crippen LogP contribution in [0.5, 0.6) is 0 Å². The van der Waals surface area contributed by atoms with Gasteiger partial charge >= 0.3 is 0 Å². The molecule has 0 saturated carbocycles. The maximum absolute atomic E-state index is 12.7.